The number of rotatable bonds is 8. The molecule has 2 rings (SSSR count). The number of carbonyl (C=O) groups is 3. The van der Waals surface area contributed by atoms with Crippen LogP contribution in [0.25, 0.3) is 6.08 Å². The number of esters is 1. The average molecular weight is 398 g/mol. The maximum Gasteiger partial charge on any atom is 0.331 e. The van der Waals surface area contributed by atoms with Crippen LogP contribution in [-0.2, 0) is 14.3 Å². The zero-order valence-corrected chi connectivity index (χ0v) is 15.4. The minimum Gasteiger partial charge on any atom is -0.490 e. The topological polar surface area (TPSA) is 93.7 Å². The molecule has 7 nitrogen and oxygen atoms in total. The van der Waals surface area contributed by atoms with Gasteiger partial charge in [-0.2, -0.15) is 0 Å². The van der Waals surface area contributed by atoms with Gasteiger partial charge in [-0.25, -0.2) is 14.0 Å². The molecule has 0 aromatic heterocycles. The average Bonchev–Trinajstić information content (AvgIpc) is 2.71. The van der Waals surface area contributed by atoms with Gasteiger partial charge in [-0.1, -0.05) is 36.9 Å². The Hall–Kier alpha value is -3.94. The Labute approximate surface area is 166 Å². The molecule has 0 aliphatic heterocycles. The molecule has 0 heterocycles. The molecule has 0 aliphatic carbocycles. The van der Waals surface area contributed by atoms with Gasteiger partial charge in [-0.3, -0.25) is 10.1 Å². The fraction of sp³-hybridized carbons (Fsp3) is 0.0952. The van der Waals surface area contributed by atoms with Crippen LogP contribution in [-0.4, -0.2) is 31.1 Å². The fourth-order valence-electron chi connectivity index (χ4n) is 2.06. The van der Waals surface area contributed by atoms with Gasteiger partial charge in [-0.15, -0.1) is 0 Å². The fourth-order valence-corrected chi connectivity index (χ4v) is 2.06. The molecule has 0 saturated heterocycles. The number of benzene rings is 2. The summed E-state index contributed by atoms with van der Waals surface area (Å²) in [6.07, 6.45) is 4.28. The highest BCUT2D eigenvalue weighted by atomic mass is 19.1. The predicted molar refractivity (Wildman–Crippen MR) is 106 cm³/mol. The van der Waals surface area contributed by atoms with Crippen LogP contribution in [0.15, 0.2) is 67.3 Å². The van der Waals surface area contributed by atoms with Gasteiger partial charge in [0.1, 0.15) is 18.2 Å². The Bertz CT molecular complexity index is 910. The van der Waals surface area contributed by atoms with E-state index < -0.39 is 30.3 Å². The summed E-state index contributed by atoms with van der Waals surface area (Å²) in [5, 5.41) is 4.11. The summed E-state index contributed by atoms with van der Waals surface area (Å²) in [4.78, 5) is 35.0. The third kappa shape index (κ3) is 7.67. The van der Waals surface area contributed by atoms with Gasteiger partial charge in [0.15, 0.2) is 6.61 Å². The summed E-state index contributed by atoms with van der Waals surface area (Å²) in [6, 6.07) is 11.5. The highest BCUT2D eigenvalue weighted by Crippen LogP contribution is 2.13. The third-order valence-corrected chi connectivity index (χ3v) is 3.38. The van der Waals surface area contributed by atoms with Crippen LogP contribution in [0.5, 0.6) is 5.75 Å². The Morgan fingerprint density at radius 1 is 1.07 bits per heavy atom. The van der Waals surface area contributed by atoms with Crippen LogP contribution in [0.4, 0.5) is 14.9 Å². The largest absolute Gasteiger partial charge is 0.490 e. The summed E-state index contributed by atoms with van der Waals surface area (Å²) < 4.78 is 23.5. The third-order valence-electron chi connectivity index (χ3n) is 3.38. The number of halogens is 1. The normalized spacial score (nSPS) is 10.2. The van der Waals surface area contributed by atoms with Crippen molar-refractivity contribution >= 4 is 29.7 Å². The van der Waals surface area contributed by atoms with E-state index in [9.17, 15) is 18.8 Å². The van der Waals surface area contributed by atoms with Crippen LogP contribution in [0.2, 0.25) is 0 Å². The van der Waals surface area contributed by atoms with Crippen LogP contribution in [0, 0.1) is 5.82 Å². The Morgan fingerprint density at radius 2 is 1.79 bits per heavy atom. The highest BCUT2D eigenvalue weighted by molar-refractivity contribution is 6.02. The monoisotopic (exact) mass is 398 g/mol. The Kier molecular flexibility index (Phi) is 8.12. The number of carbonyl (C=O) groups excluding carboxylic acids is 3. The van der Waals surface area contributed by atoms with E-state index in [-0.39, 0.29) is 5.69 Å². The standard InChI is InChI=1S/C21H19FN2O5/c1-2-13-28-16-10-7-15(8-11-16)9-12-20(26)29-14-19(25)24-21(27)23-18-6-4-3-5-17(18)22/h2-12H,1,13-14H2,(H2,23,24,25,27)/b12-9+. The zero-order valence-electron chi connectivity index (χ0n) is 15.4. The molecule has 0 saturated carbocycles. The van der Waals surface area contributed by atoms with Crippen molar-refractivity contribution in [3.63, 3.8) is 0 Å². The quantitative estimate of drug-likeness (QED) is 0.404. The molecule has 0 radical (unpaired) electrons. The first kappa shape index (κ1) is 21.4. The lowest BCUT2D eigenvalue weighted by Gasteiger charge is -2.07. The molecule has 29 heavy (non-hydrogen) atoms. The molecule has 2 aromatic rings. The van der Waals surface area contributed by atoms with Crippen LogP contribution in [0.3, 0.4) is 0 Å². The van der Waals surface area contributed by atoms with E-state index in [1.807, 2.05) is 5.32 Å². The lowest BCUT2D eigenvalue weighted by atomic mass is 10.2. The highest BCUT2D eigenvalue weighted by Gasteiger charge is 2.11. The number of amides is 3. The molecule has 0 aliphatic rings. The van der Waals surface area contributed by atoms with Gasteiger partial charge in [0.25, 0.3) is 5.91 Å². The van der Waals surface area contributed by atoms with Crippen molar-refractivity contribution in [2.24, 2.45) is 0 Å². The van der Waals surface area contributed by atoms with Crippen LogP contribution < -0.4 is 15.4 Å². The first-order valence-electron chi connectivity index (χ1n) is 8.52. The van der Waals surface area contributed by atoms with E-state index in [2.05, 4.69) is 11.9 Å². The number of hydrogen-bond acceptors (Lipinski definition) is 5. The van der Waals surface area contributed by atoms with Gasteiger partial charge in [0.2, 0.25) is 0 Å². The maximum absolute atomic E-state index is 13.4. The first-order valence-corrected chi connectivity index (χ1v) is 8.52. The molecule has 2 aromatic carbocycles. The van der Waals surface area contributed by atoms with Crippen molar-refractivity contribution in [2.45, 2.75) is 0 Å². The van der Waals surface area contributed by atoms with Crippen molar-refractivity contribution in [2.75, 3.05) is 18.5 Å². The summed E-state index contributed by atoms with van der Waals surface area (Å²) in [7, 11) is 0. The number of ether oxygens (including phenoxy) is 2. The Morgan fingerprint density at radius 3 is 2.48 bits per heavy atom. The lowest BCUT2D eigenvalue weighted by molar-refractivity contribution is -0.143. The molecule has 8 heteroatoms. The summed E-state index contributed by atoms with van der Waals surface area (Å²) >= 11 is 0. The number of anilines is 1. The van der Waals surface area contributed by atoms with Crippen LogP contribution in [0.1, 0.15) is 5.56 Å². The molecular weight excluding hydrogens is 379 g/mol. The van der Waals surface area contributed by atoms with E-state index >= 15 is 0 Å². The Balaban J connectivity index is 1.74. The van der Waals surface area contributed by atoms with Crippen molar-refractivity contribution in [3.05, 3.63) is 78.6 Å². The minimum absolute atomic E-state index is 0.0846. The van der Waals surface area contributed by atoms with Crippen molar-refractivity contribution in [3.8, 4) is 5.75 Å². The second-order valence-electron chi connectivity index (χ2n) is 5.59. The number of para-hydroxylation sites is 1. The molecule has 3 amide bonds. The van der Waals surface area contributed by atoms with Gasteiger partial charge < -0.3 is 14.8 Å². The number of urea groups is 1. The maximum atomic E-state index is 13.4. The smallest absolute Gasteiger partial charge is 0.331 e. The van der Waals surface area contributed by atoms with E-state index in [1.54, 1.807) is 30.3 Å². The van der Waals surface area contributed by atoms with E-state index in [0.29, 0.717) is 12.4 Å². The van der Waals surface area contributed by atoms with E-state index in [0.717, 1.165) is 17.7 Å². The molecule has 0 spiro atoms. The minimum atomic E-state index is -0.939. The van der Waals surface area contributed by atoms with Gasteiger partial charge in [-0.05, 0) is 35.9 Å². The van der Waals surface area contributed by atoms with E-state index in [1.165, 1.54) is 24.3 Å². The van der Waals surface area contributed by atoms with Gasteiger partial charge in [0.05, 0.1) is 5.69 Å². The summed E-state index contributed by atoms with van der Waals surface area (Å²) in [6.45, 7) is 3.28. The van der Waals surface area contributed by atoms with Gasteiger partial charge >= 0.3 is 12.0 Å². The van der Waals surface area contributed by atoms with Crippen molar-refractivity contribution < 1.29 is 28.2 Å². The predicted octanol–water partition coefficient (Wildman–Crippen LogP) is 3.30. The summed E-state index contributed by atoms with van der Waals surface area (Å²) in [5.41, 5.74) is 0.639. The van der Waals surface area contributed by atoms with Crippen LogP contribution >= 0.6 is 0 Å². The van der Waals surface area contributed by atoms with E-state index in [4.69, 9.17) is 9.47 Å². The molecule has 0 atom stereocenters. The molecule has 0 bridgehead atoms. The molecular formula is C21H19FN2O5. The SMILES string of the molecule is C=CCOc1ccc(/C=C/C(=O)OCC(=O)NC(=O)Nc2ccccc2F)cc1. The van der Waals surface area contributed by atoms with Gasteiger partial charge in [0, 0.05) is 6.08 Å². The molecule has 0 fully saturated rings. The second-order valence-corrected chi connectivity index (χ2v) is 5.59. The number of nitrogens with one attached hydrogen (secondary N) is 2. The summed E-state index contributed by atoms with van der Waals surface area (Å²) in [5.74, 6) is -1.60. The lowest BCUT2D eigenvalue weighted by Crippen LogP contribution is -2.37. The van der Waals surface area contributed by atoms with Crippen molar-refractivity contribution in [1.82, 2.24) is 5.32 Å². The molecule has 2 N–H and O–H groups in total. The molecule has 150 valence electrons. The number of imide groups is 1. The molecule has 0 unspecified atom stereocenters. The zero-order chi connectivity index (χ0) is 21.1. The first-order chi connectivity index (χ1) is 14.0. The second kappa shape index (κ2) is 11.0. The number of hydrogen-bond donors (Lipinski definition) is 2. The van der Waals surface area contributed by atoms with Crippen molar-refractivity contribution in [1.29, 1.82) is 0 Å².